The molecule has 0 spiro atoms. The molecule has 1 heterocycles. The van der Waals surface area contributed by atoms with Crippen LogP contribution in [0.15, 0.2) is 84.9 Å². The van der Waals surface area contributed by atoms with Crippen LogP contribution in [0.2, 0.25) is 5.02 Å². The molecule has 0 aromatic heterocycles. The second-order valence-electron chi connectivity index (χ2n) is 8.10. The molecule has 3 nitrogen and oxygen atoms in total. The molecule has 160 valence electrons. The van der Waals surface area contributed by atoms with Crippen molar-refractivity contribution in [3.8, 4) is 0 Å². The summed E-state index contributed by atoms with van der Waals surface area (Å²) in [5.41, 5.74) is 3.60. The summed E-state index contributed by atoms with van der Waals surface area (Å²) in [6.45, 7) is 5.29. The lowest BCUT2D eigenvalue weighted by atomic mass is 9.94. The summed E-state index contributed by atoms with van der Waals surface area (Å²) >= 11 is 6.14. The van der Waals surface area contributed by atoms with Crippen molar-refractivity contribution < 1.29 is 4.79 Å². The van der Waals surface area contributed by atoms with E-state index in [0.717, 1.165) is 43.2 Å². The third kappa shape index (κ3) is 5.00. The number of benzene rings is 3. The van der Waals surface area contributed by atoms with E-state index in [0.29, 0.717) is 0 Å². The summed E-state index contributed by atoms with van der Waals surface area (Å²) in [7, 11) is 0. The Kier molecular flexibility index (Phi) is 7.06. The number of carbonyl (C=O) groups is 1. The van der Waals surface area contributed by atoms with E-state index in [1.165, 1.54) is 11.1 Å². The predicted molar refractivity (Wildman–Crippen MR) is 127 cm³/mol. The summed E-state index contributed by atoms with van der Waals surface area (Å²) in [4.78, 5) is 17.8. The Morgan fingerprint density at radius 2 is 1.29 bits per heavy atom. The van der Waals surface area contributed by atoms with Crippen molar-refractivity contribution in [3.05, 3.63) is 107 Å². The van der Waals surface area contributed by atoms with Crippen LogP contribution in [0, 0.1) is 0 Å². The van der Waals surface area contributed by atoms with Gasteiger partial charge in [0.05, 0.1) is 12.0 Å². The molecule has 1 amide bonds. The highest BCUT2D eigenvalue weighted by molar-refractivity contribution is 6.30. The predicted octanol–water partition coefficient (Wildman–Crippen LogP) is 5.77. The minimum atomic E-state index is -0.0612. The van der Waals surface area contributed by atoms with E-state index in [2.05, 4.69) is 60.4 Å². The molecule has 0 unspecified atom stereocenters. The van der Waals surface area contributed by atoms with Gasteiger partial charge in [-0.1, -0.05) is 91.3 Å². The van der Waals surface area contributed by atoms with Crippen LogP contribution in [0.4, 0.5) is 0 Å². The fourth-order valence-corrected chi connectivity index (χ4v) is 4.68. The molecule has 3 aromatic rings. The molecule has 3 aromatic carbocycles. The maximum atomic E-state index is 13.3. The minimum Gasteiger partial charge on any atom is -0.340 e. The Morgan fingerprint density at radius 3 is 1.84 bits per heavy atom. The molecule has 1 saturated heterocycles. The molecular formula is C27H29ClN2O. The largest absolute Gasteiger partial charge is 0.340 e. The van der Waals surface area contributed by atoms with Crippen molar-refractivity contribution in [2.45, 2.75) is 25.3 Å². The maximum absolute atomic E-state index is 13.3. The van der Waals surface area contributed by atoms with Crippen molar-refractivity contribution in [2.75, 3.05) is 26.2 Å². The van der Waals surface area contributed by atoms with Gasteiger partial charge in [0.2, 0.25) is 5.91 Å². The van der Waals surface area contributed by atoms with Gasteiger partial charge >= 0.3 is 0 Å². The van der Waals surface area contributed by atoms with Gasteiger partial charge in [-0.3, -0.25) is 9.69 Å². The second kappa shape index (κ2) is 10.1. The number of hydrogen-bond donors (Lipinski definition) is 0. The van der Waals surface area contributed by atoms with Crippen molar-refractivity contribution in [1.82, 2.24) is 9.80 Å². The van der Waals surface area contributed by atoms with Crippen LogP contribution in [-0.4, -0.2) is 41.9 Å². The molecule has 4 rings (SSSR count). The molecule has 0 radical (unpaired) electrons. The Balaban J connectivity index is 1.50. The molecule has 0 N–H and O–H groups in total. The van der Waals surface area contributed by atoms with Crippen LogP contribution < -0.4 is 0 Å². The lowest BCUT2D eigenvalue weighted by Gasteiger charge is -2.40. The van der Waals surface area contributed by atoms with Gasteiger partial charge in [-0.05, 0) is 35.2 Å². The zero-order valence-electron chi connectivity index (χ0n) is 18.0. The Hall–Kier alpha value is -2.62. The lowest BCUT2D eigenvalue weighted by molar-refractivity contribution is -0.134. The van der Waals surface area contributed by atoms with Gasteiger partial charge in [-0.2, -0.15) is 0 Å². The van der Waals surface area contributed by atoms with E-state index in [4.69, 9.17) is 11.6 Å². The fraction of sp³-hybridized carbons (Fsp3) is 0.296. The van der Waals surface area contributed by atoms with Gasteiger partial charge in [0, 0.05) is 31.2 Å². The standard InChI is InChI=1S/C27H29ClN2O/c1-2-25(21-9-5-3-6-10-21)27(31)30-19-17-29(18-20-30)26(22-11-7-4-8-12-22)23-13-15-24(28)16-14-23/h3-16,25-26H,2,17-20H2,1H3/t25-,26+/m1/s1. The highest BCUT2D eigenvalue weighted by Crippen LogP contribution is 2.31. The molecule has 0 bridgehead atoms. The topological polar surface area (TPSA) is 23.6 Å². The number of rotatable bonds is 6. The number of halogens is 1. The van der Waals surface area contributed by atoms with E-state index < -0.39 is 0 Å². The maximum Gasteiger partial charge on any atom is 0.230 e. The van der Waals surface area contributed by atoms with E-state index in [9.17, 15) is 4.79 Å². The van der Waals surface area contributed by atoms with Gasteiger partial charge in [0.15, 0.2) is 0 Å². The van der Waals surface area contributed by atoms with Crippen LogP contribution in [0.5, 0.6) is 0 Å². The summed E-state index contributed by atoms with van der Waals surface area (Å²) in [5.74, 6) is 0.185. The first kappa shape index (κ1) is 21.6. The average Bonchev–Trinajstić information content (AvgIpc) is 2.83. The number of carbonyl (C=O) groups excluding carboxylic acids is 1. The van der Waals surface area contributed by atoms with Gasteiger partial charge in [0.25, 0.3) is 0 Å². The van der Waals surface area contributed by atoms with Crippen LogP contribution in [0.25, 0.3) is 0 Å². The third-order valence-electron chi connectivity index (χ3n) is 6.20. The van der Waals surface area contributed by atoms with Crippen molar-refractivity contribution in [1.29, 1.82) is 0 Å². The summed E-state index contributed by atoms with van der Waals surface area (Å²) in [5, 5.41) is 0.748. The van der Waals surface area contributed by atoms with Crippen LogP contribution >= 0.6 is 11.6 Å². The summed E-state index contributed by atoms with van der Waals surface area (Å²) < 4.78 is 0. The minimum absolute atomic E-state index is 0.0612. The zero-order chi connectivity index (χ0) is 21.6. The number of amides is 1. The van der Waals surface area contributed by atoms with E-state index in [-0.39, 0.29) is 17.9 Å². The highest BCUT2D eigenvalue weighted by atomic mass is 35.5. The summed E-state index contributed by atoms with van der Waals surface area (Å²) in [6.07, 6.45) is 0.820. The summed E-state index contributed by atoms with van der Waals surface area (Å²) in [6, 6.07) is 29.0. The molecule has 4 heteroatoms. The van der Waals surface area contributed by atoms with Crippen molar-refractivity contribution in [3.63, 3.8) is 0 Å². The normalized spacial score (nSPS) is 16.6. The zero-order valence-corrected chi connectivity index (χ0v) is 18.7. The monoisotopic (exact) mass is 432 g/mol. The number of piperazine rings is 1. The molecule has 2 atom stereocenters. The van der Waals surface area contributed by atoms with Gasteiger partial charge < -0.3 is 4.90 Å². The van der Waals surface area contributed by atoms with Crippen LogP contribution in [0.3, 0.4) is 0 Å². The molecule has 1 aliphatic heterocycles. The van der Waals surface area contributed by atoms with E-state index in [1.54, 1.807) is 0 Å². The number of hydrogen-bond acceptors (Lipinski definition) is 2. The molecule has 1 fully saturated rings. The van der Waals surface area contributed by atoms with Gasteiger partial charge in [0.1, 0.15) is 0 Å². The highest BCUT2D eigenvalue weighted by Gasteiger charge is 2.31. The molecule has 0 aliphatic carbocycles. The Morgan fingerprint density at radius 1 is 0.774 bits per heavy atom. The molecule has 1 aliphatic rings. The van der Waals surface area contributed by atoms with E-state index >= 15 is 0 Å². The average molecular weight is 433 g/mol. The smallest absolute Gasteiger partial charge is 0.230 e. The molecule has 0 saturated carbocycles. The third-order valence-corrected chi connectivity index (χ3v) is 6.45. The van der Waals surface area contributed by atoms with Crippen LogP contribution in [-0.2, 0) is 4.79 Å². The SMILES string of the molecule is CC[C@@H](C(=O)N1CCN([C@@H](c2ccccc2)c2ccc(Cl)cc2)CC1)c1ccccc1. The second-order valence-corrected chi connectivity index (χ2v) is 8.53. The van der Waals surface area contributed by atoms with Crippen molar-refractivity contribution in [2.24, 2.45) is 0 Å². The number of nitrogens with zero attached hydrogens (tertiary/aromatic N) is 2. The Bertz CT molecular complexity index is 967. The van der Waals surface area contributed by atoms with Gasteiger partial charge in [-0.15, -0.1) is 0 Å². The quantitative estimate of drug-likeness (QED) is 0.493. The Labute approximate surface area is 190 Å². The lowest BCUT2D eigenvalue weighted by Crippen LogP contribution is -2.51. The fourth-order valence-electron chi connectivity index (χ4n) is 4.55. The van der Waals surface area contributed by atoms with E-state index in [1.807, 2.05) is 41.3 Å². The first-order valence-electron chi connectivity index (χ1n) is 11.1. The molecule has 31 heavy (non-hydrogen) atoms. The first-order chi connectivity index (χ1) is 15.2. The first-order valence-corrected chi connectivity index (χ1v) is 11.4. The van der Waals surface area contributed by atoms with Crippen molar-refractivity contribution >= 4 is 17.5 Å². The van der Waals surface area contributed by atoms with Gasteiger partial charge in [-0.25, -0.2) is 0 Å². The van der Waals surface area contributed by atoms with Crippen LogP contribution in [0.1, 0.15) is 42.0 Å². The molecular weight excluding hydrogens is 404 g/mol.